The Balaban J connectivity index is 1.95. The summed E-state index contributed by atoms with van der Waals surface area (Å²) in [7, 11) is -1.83. The molecular weight excluding hydrogens is 414 g/mol. The highest BCUT2D eigenvalue weighted by Crippen LogP contribution is 2.32. The molecule has 0 aliphatic rings. The second kappa shape index (κ2) is 9.04. The largest absolute Gasteiger partial charge is 0.283 e. The van der Waals surface area contributed by atoms with Gasteiger partial charge in [-0.15, -0.1) is 17.9 Å². The minimum atomic E-state index is -3.23. The number of nitrogens with one attached hydrogen (secondary N) is 1. The van der Waals surface area contributed by atoms with Crippen molar-refractivity contribution in [2.75, 3.05) is 18.6 Å². The molecular formula is C19H21N3O3S3. The van der Waals surface area contributed by atoms with Gasteiger partial charge in [0.2, 0.25) is 10.0 Å². The van der Waals surface area contributed by atoms with E-state index in [0.717, 1.165) is 11.1 Å². The Hall–Kier alpha value is -1.94. The highest BCUT2D eigenvalue weighted by molar-refractivity contribution is 7.99. The summed E-state index contributed by atoms with van der Waals surface area (Å²) in [5.74, 6) is 0.592. The molecule has 2 heterocycles. The number of rotatable bonds is 9. The first-order valence-corrected chi connectivity index (χ1v) is 12.2. The fourth-order valence-electron chi connectivity index (χ4n) is 2.75. The van der Waals surface area contributed by atoms with E-state index >= 15 is 0 Å². The minimum absolute atomic E-state index is 0.0432. The summed E-state index contributed by atoms with van der Waals surface area (Å²) in [6.07, 6.45) is 2.13. The first-order valence-electron chi connectivity index (χ1n) is 8.69. The van der Waals surface area contributed by atoms with Crippen molar-refractivity contribution in [3.8, 4) is 11.1 Å². The van der Waals surface area contributed by atoms with Crippen LogP contribution in [0.15, 0.2) is 58.3 Å². The van der Waals surface area contributed by atoms with E-state index in [9.17, 15) is 13.2 Å². The van der Waals surface area contributed by atoms with Gasteiger partial charge < -0.3 is 0 Å². The molecule has 3 aromatic rings. The molecule has 2 aromatic heterocycles. The zero-order chi connectivity index (χ0) is 20.1. The molecule has 0 aliphatic carbocycles. The molecule has 3 rings (SSSR count). The van der Waals surface area contributed by atoms with Crippen LogP contribution in [-0.2, 0) is 16.6 Å². The maximum absolute atomic E-state index is 13.2. The maximum Gasteiger partial charge on any atom is 0.263 e. The van der Waals surface area contributed by atoms with Gasteiger partial charge >= 0.3 is 0 Å². The quantitative estimate of drug-likeness (QED) is 0.241. The van der Waals surface area contributed by atoms with Crippen LogP contribution in [0.5, 0.6) is 0 Å². The number of hydrogen-bond donors (Lipinski definition) is 1. The van der Waals surface area contributed by atoms with Crippen molar-refractivity contribution in [2.24, 2.45) is 0 Å². The highest BCUT2D eigenvalue weighted by Gasteiger charge is 2.17. The van der Waals surface area contributed by atoms with Crippen molar-refractivity contribution in [1.29, 1.82) is 0 Å². The van der Waals surface area contributed by atoms with E-state index in [1.807, 2.05) is 35.7 Å². The third-order valence-corrected chi connectivity index (χ3v) is 7.54. The molecule has 9 heteroatoms. The first-order chi connectivity index (χ1) is 13.5. The molecule has 0 aliphatic heterocycles. The van der Waals surface area contributed by atoms with Crippen LogP contribution in [0.4, 0.5) is 0 Å². The van der Waals surface area contributed by atoms with E-state index in [1.165, 1.54) is 30.1 Å². The monoisotopic (exact) mass is 435 g/mol. The summed E-state index contributed by atoms with van der Waals surface area (Å²) < 4.78 is 27.0. The van der Waals surface area contributed by atoms with E-state index in [4.69, 9.17) is 0 Å². The van der Waals surface area contributed by atoms with Crippen LogP contribution in [0.2, 0.25) is 0 Å². The lowest BCUT2D eigenvalue weighted by Crippen LogP contribution is -2.23. The molecule has 1 N–H and O–H groups in total. The van der Waals surface area contributed by atoms with E-state index in [2.05, 4.69) is 16.3 Å². The molecule has 0 unspecified atom stereocenters. The molecule has 0 saturated heterocycles. The number of thiophene rings is 1. The molecule has 0 bridgehead atoms. The van der Waals surface area contributed by atoms with Crippen LogP contribution in [-0.4, -0.2) is 36.5 Å². The SMILES string of the molecule is C=CCn1c(SCCCS(=O)(=O)NC)nc2scc(-c3ccccc3)c2c1=O. The van der Waals surface area contributed by atoms with Crippen molar-refractivity contribution in [1.82, 2.24) is 14.3 Å². The lowest BCUT2D eigenvalue weighted by Gasteiger charge is -2.11. The van der Waals surface area contributed by atoms with E-state index in [-0.39, 0.29) is 11.3 Å². The molecule has 0 amide bonds. The third-order valence-electron chi connectivity index (χ3n) is 4.15. The second-order valence-electron chi connectivity index (χ2n) is 6.02. The first kappa shape index (κ1) is 20.8. The van der Waals surface area contributed by atoms with Crippen LogP contribution >= 0.6 is 23.1 Å². The Morgan fingerprint density at radius 3 is 2.75 bits per heavy atom. The van der Waals surface area contributed by atoms with Crippen LogP contribution in [0.3, 0.4) is 0 Å². The topological polar surface area (TPSA) is 81.1 Å². The van der Waals surface area contributed by atoms with E-state index < -0.39 is 10.0 Å². The van der Waals surface area contributed by atoms with Crippen molar-refractivity contribution in [2.45, 2.75) is 18.1 Å². The van der Waals surface area contributed by atoms with Gasteiger partial charge in [0.15, 0.2) is 5.16 Å². The number of thioether (sulfide) groups is 1. The van der Waals surface area contributed by atoms with Gasteiger partial charge in [-0.25, -0.2) is 18.1 Å². The molecule has 0 fully saturated rings. The molecule has 6 nitrogen and oxygen atoms in total. The summed E-state index contributed by atoms with van der Waals surface area (Å²) >= 11 is 2.83. The summed E-state index contributed by atoms with van der Waals surface area (Å²) in [6.45, 7) is 4.09. The summed E-state index contributed by atoms with van der Waals surface area (Å²) in [6, 6.07) is 9.78. The average Bonchev–Trinajstić information content (AvgIpc) is 3.13. The number of fused-ring (bicyclic) bond motifs is 1. The second-order valence-corrected chi connectivity index (χ2v) is 9.99. The van der Waals surface area contributed by atoms with Crippen LogP contribution in [0.25, 0.3) is 21.3 Å². The fraction of sp³-hybridized carbons (Fsp3) is 0.263. The van der Waals surface area contributed by atoms with Gasteiger partial charge in [-0.2, -0.15) is 0 Å². The molecule has 1 aromatic carbocycles. The Labute approximate surface area is 172 Å². The lowest BCUT2D eigenvalue weighted by molar-refractivity contribution is 0.587. The molecule has 28 heavy (non-hydrogen) atoms. The zero-order valence-electron chi connectivity index (χ0n) is 15.4. The number of hydrogen-bond acceptors (Lipinski definition) is 6. The summed E-state index contributed by atoms with van der Waals surface area (Å²) in [5.41, 5.74) is 1.76. The lowest BCUT2D eigenvalue weighted by atomic mass is 10.1. The fourth-order valence-corrected chi connectivity index (χ4v) is 5.60. The van der Waals surface area contributed by atoms with Crippen molar-refractivity contribution < 1.29 is 8.42 Å². The standard InChI is InChI=1S/C19H21N3O3S3/c1-3-10-22-18(23)16-15(14-8-5-4-6-9-14)13-27-17(16)21-19(22)26-11-7-12-28(24,25)20-2/h3-6,8-9,13,20H,1,7,10-12H2,2H3. The Morgan fingerprint density at radius 2 is 2.07 bits per heavy atom. The molecule has 0 spiro atoms. The molecule has 0 radical (unpaired) electrons. The van der Waals surface area contributed by atoms with Crippen LogP contribution in [0.1, 0.15) is 6.42 Å². The minimum Gasteiger partial charge on any atom is -0.283 e. The number of sulfonamides is 1. The normalized spacial score (nSPS) is 11.8. The van der Waals surface area contributed by atoms with Gasteiger partial charge in [0.25, 0.3) is 5.56 Å². The highest BCUT2D eigenvalue weighted by atomic mass is 32.2. The Morgan fingerprint density at radius 1 is 1.32 bits per heavy atom. The number of benzene rings is 1. The number of nitrogens with zero attached hydrogens (tertiary/aromatic N) is 2. The van der Waals surface area contributed by atoms with E-state index in [1.54, 1.807) is 10.6 Å². The number of allylic oxidation sites excluding steroid dienone is 1. The molecule has 0 atom stereocenters. The molecule has 148 valence electrons. The van der Waals surface area contributed by atoms with Gasteiger partial charge in [-0.1, -0.05) is 48.2 Å². The maximum atomic E-state index is 13.2. The van der Waals surface area contributed by atoms with Gasteiger partial charge in [0.1, 0.15) is 4.83 Å². The smallest absolute Gasteiger partial charge is 0.263 e. The average molecular weight is 436 g/mol. The van der Waals surface area contributed by atoms with E-state index in [0.29, 0.717) is 34.1 Å². The number of aromatic nitrogens is 2. The van der Waals surface area contributed by atoms with Gasteiger partial charge in [-0.05, 0) is 19.0 Å². The third kappa shape index (κ3) is 4.54. The predicted octanol–water partition coefficient (Wildman–Crippen LogP) is 3.34. The van der Waals surface area contributed by atoms with Crippen LogP contribution < -0.4 is 10.3 Å². The molecule has 0 saturated carbocycles. The summed E-state index contributed by atoms with van der Waals surface area (Å²) in [5, 5.41) is 3.15. The summed E-state index contributed by atoms with van der Waals surface area (Å²) in [4.78, 5) is 18.6. The van der Waals surface area contributed by atoms with Crippen molar-refractivity contribution >= 4 is 43.3 Å². The zero-order valence-corrected chi connectivity index (χ0v) is 17.9. The Kier molecular flexibility index (Phi) is 6.71. The Bertz CT molecular complexity index is 1140. The van der Waals surface area contributed by atoms with Gasteiger partial charge in [-0.3, -0.25) is 9.36 Å². The van der Waals surface area contributed by atoms with Crippen LogP contribution in [0, 0.1) is 0 Å². The van der Waals surface area contributed by atoms with Crippen molar-refractivity contribution in [3.05, 3.63) is 58.7 Å². The van der Waals surface area contributed by atoms with Crippen molar-refractivity contribution in [3.63, 3.8) is 0 Å². The van der Waals surface area contributed by atoms with Gasteiger partial charge in [0, 0.05) is 23.2 Å². The predicted molar refractivity (Wildman–Crippen MR) is 118 cm³/mol. The van der Waals surface area contributed by atoms with Gasteiger partial charge in [0.05, 0.1) is 11.1 Å².